The number of esters is 1. The number of rotatable bonds is 10. The summed E-state index contributed by atoms with van der Waals surface area (Å²) in [6.45, 7) is 5.69. The molecule has 1 saturated carbocycles. The van der Waals surface area contributed by atoms with E-state index >= 15 is 0 Å². The molecular weight excluding hydrogens is 242 g/mol. The Labute approximate surface area is 116 Å². The molecule has 0 unspecified atom stereocenters. The summed E-state index contributed by atoms with van der Waals surface area (Å²) in [5.74, 6) is 0.263. The first-order valence-corrected chi connectivity index (χ1v) is 7.63. The number of unbranched alkanes of at least 4 members (excludes halogenated alkanes) is 3. The maximum atomic E-state index is 12.1. The largest absolute Gasteiger partial charge is 0.466 e. The van der Waals surface area contributed by atoms with Crippen molar-refractivity contribution in [3.63, 3.8) is 0 Å². The Hall–Kier alpha value is -1.06. The summed E-state index contributed by atoms with van der Waals surface area (Å²) in [5.41, 5.74) is 0. The molecule has 0 spiro atoms. The normalized spacial score (nSPS) is 14.2. The van der Waals surface area contributed by atoms with E-state index in [4.69, 9.17) is 4.74 Å². The van der Waals surface area contributed by atoms with Gasteiger partial charge in [0.15, 0.2) is 0 Å². The van der Waals surface area contributed by atoms with Gasteiger partial charge in [0.25, 0.3) is 0 Å². The van der Waals surface area contributed by atoms with Gasteiger partial charge >= 0.3 is 5.97 Å². The van der Waals surface area contributed by atoms with E-state index in [1.807, 2.05) is 4.90 Å². The SMILES string of the molecule is CCCCCCN(CCC(=O)OCC)C(=O)C1CC1. The van der Waals surface area contributed by atoms with Crippen LogP contribution in [0, 0.1) is 5.92 Å². The first kappa shape index (κ1) is 16.0. The molecule has 0 N–H and O–H groups in total. The molecule has 1 fully saturated rings. The molecule has 19 heavy (non-hydrogen) atoms. The van der Waals surface area contributed by atoms with Gasteiger partial charge in [-0.3, -0.25) is 9.59 Å². The fraction of sp³-hybridized carbons (Fsp3) is 0.867. The molecule has 0 aromatic carbocycles. The molecule has 0 heterocycles. The highest BCUT2D eigenvalue weighted by Crippen LogP contribution is 2.31. The first-order valence-electron chi connectivity index (χ1n) is 7.63. The van der Waals surface area contributed by atoms with Crippen LogP contribution in [0.1, 0.15) is 58.8 Å². The third-order valence-corrected chi connectivity index (χ3v) is 3.41. The van der Waals surface area contributed by atoms with Gasteiger partial charge in [0.2, 0.25) is 5.91 Å². The van der Waals surface area contributed by atoms with E-state index in [0.717, 1.165) is 32.2 Å². The van der Waals surface area contributed by atoms with E-state index in [0.29, 0.717) is 19.6 Å². The van der Waals surface area contributed by atoms with Crippen LogP contribution < -0.4 is 0 Å². The zero-order chi connectivity index (χ0) is 14.1. The van der Waals surface area contributed by atoms with Crippen molar-refractivity contribution in [2.75, 3.05) is 19.7 Å². The molecule has 1 aliphatic carbocycles. The monoisotopic (exact) mass is 269 g/mol. The van der Waals surface area contributed by atoms with E-state index < -0.39 is 0 Å². The number of nitrogens with zero attached hydrogens (tertiary/aromatic N) is 1. The van der Waals surface area contributed by atoms with Crippen molar-refractivity contribution in [3.8, 4) is 0 Å². The van der Waals surface area contributed by atoms with Crippen molar-refractivity contribution in [2.24, 2.45) is 5.92 Å². The molecular formula is C15H27NO3. The lowest BCUT2D eigenvalue weighted by Gasteiger charge is -2.22. The summed E-state index contributed by atoms with van der Waals surface area (Å²) in [6, 6.07) is 0. The maximum absolute atomic E-state index is 12.1. The average Bonchev–Trinajstić information content (AvgIpc) is 3.22. The van der Waals surface area contributed by atoms with Gasteiger partial charge in [0, 0.05) is 19.0 Å². The highest BCUT2D eigenvalue weighted by Gasteiger charge is 2.33. The standard InChI is InChI=1S/C15H27NO3/c1-3-5-6-7-11-16(15(18)13-8-9-13)12-10-14(17)19-4-2/h13H,3-12H2,1-2H3. The van der Waals surface area contributed by atoms with Crippen LogP contribution in [0.2, 0.25) is 0 Å². The van der Waals surface area contributed by atoms with Crippen LogP contribution in [0.25, 0.3) is 0 Å². The van der Waals surface area contributed by atoms with Crippen molar-refractivity contribution in [2.45, 2.75) is 58.8 Å². The minimum absolute atomic E-state index is 0.204. The quantitative estimate of drug-likeness (QED) is 0.452. The van der Waals surface area contributed by atoms with Crippen LogP contribution >= 0.6 is 0 Å². The molecule has 0 aromatic rings. The third-order valence-electron chi connectivity index (χ3n) is 3.41. The average molecular weight is 269 g/mol. The van der Waals surface area contributed by atoms with E-state index in [-0.39, 0.29) is 17.8 Å². The summed E-state index contributed by atoms with van der Waals surface area (Å²) in [7, 11) is 0. The predicted molar refractivity (Wildman–Crippen MR) is 74.7 cm³/mol. The lowest BCUT2D eigenvalue weighted by Crippen LogP contribution is -2.35. The second kappa shape index (κ2) is 8.94. The number of amides is 1. The lowest BCUT2D eigenvalue weighted by atomic mass is 10.2. The topological polar surface area (TPSA) is 46.6 Å². The first-order chi connectivity index (χ1) is 9.19. The van der Waals surface area contributed by atoms with Gasteiger partial charge < -0.3 is 9.64 Å². The van der Waals surface area contributed by atoms with Crippen molar-refractivity contribution in [3.05, 3.63) is 0 Å². The summed E-state index contributed by atoms with van der Waals surface area (Å²) in [6.07, 6.45) is 6.95. The van der Waals surface area contributed by atoms with E-state index in [2.05, 4.69) is 6.92 Å². The van der Waals surface area contributed by atoms with Gasteiger partial charge in [0.1, 0.15) is 0 Å². The number of carbonyl (C=O) groups excluding carboxylic acids is 2. The van der Waals surface area contributed by atoms with Gasteiger partial charge in [-0.25, -0.2) is 0 Å². The lowest BCUT2D eigenvalue weighted by molar-refractivity contribution is -0.144. The molecule has 4 heteroatoms. The van der Waals surface area contributed by atoms with Gasteiger partial charge in [-0.1, -0.05) is 26.2 Å². The molecule has 110 valence electrons. The minimum Gasteiger partial charge on any atom is -0.466 e. The molecule has 0 bridgehead atoms. The maximum Gasteiger partial charge on any atom is 0.307 e. The van der Waals surface area contributed by atoms with Crippen LogP contribution in [-0.2, 0) is 14.3 Å². The highest BCUT2D eigenvalue weighted by atomic mass is 16.5. The number of carbonyl (C=O) groups is 2. The molecule has 0 aliphatic heterocycles. The molecule has 0 radical (unpaired) electrons. The number of ether oxygens (including phenoxy) is 1. The summed E-state index contributed by atoms with van der Waals surface area (Å²) in [4.78, 5) is 25.4. The molecule has 0 saturated heterocycles. The molecule has 0 aromatic heterocycles. The Morgan fingerprint density at radius 3 is 2.42 bits per heavy atom. The van der Waals surface area contributed by atoms with Gasteiger partial charge in [-0.05, 0) is 26.2 Å². The van der Waals surface area contributed by atoms with E-state index in [9.17, 15) is 9.59 Å². The van der Waals surface area contributed by atoms with Crippen LogP contribution in [0.15, 0.2) is 0 Å². The second-order valence-corrected chi connectivity index (χ2v) is 5.22. The van der Waals surface area contributed by atoms with Crippen molar-refractivity contribution in [1.82, 2.24) is 4.90 Å². The number of hydrogen-bond acceptors (Lipinski definition) is 3. The second-order valence-electron chi connectivity index (χ2n) is 5.22. The van der Waals surface area contributed by atoms with Crippen LogP contribution in [0.5, 0.6) is 0 Å². The van der Waals surface area contributed by atoms with Crippen LogP contribution in [-0.4, -0.2) is 36.5 Å². The van der Waals surface area contributed by atoms with Gasteiger partial charge in [-0.2, -0.15) is 0 Å². The highest BCUT2D eigenvalue weighted by molar-refractivity contribution is 5.81. The summed E-state index contributed by atoms with van der Waals surface area (Å²) in [5, 5.41) is 0. The zero-order valence-corrected chi connectivity index (χ0v) is 12.3. The fourth-order valence-corrected chi connectivity index (χ4v) is 2.11. The molecule has 0 atom stereocenters. The van der Waals surface area contributed by atoms with Crippen molar-refractivity contribution in [1.29, 1.82) is 0 Å². The fourth-order valence-electron chi connectivity index (χ4n) is 2.11. The Bertz CT molecular complexity index is 287. The smallest absolute Gasteiger partial charge is 0.307 e. The Morgan fingerprint density at radius 1 is 1.11 bits per heavy atom. The predicted octanol–water partition coefficient (Wildman–Crippen LogP) is 2.76. The van der Waals surface area contributed by atoms with Crippen LogP contribution in [0.3, 0.4) is 0 Å². The van der Waals surface area contributed by atoms with E-state index in [1.54, 1.807) is 6.92 Å². The Balaban J connectivity index is 2.31. The molecule has 1 aliphatic rings. The summed E-state index contributed by atoms with van der Waals surface area (Å²) < 4.78 is 4.91. The van der Waals surface area contributed by atoms with Gasteiger partial charge in [-0.15, -0.1) is 0 Å². The summed E-state index contributed by atoms with van der Waals surface area (Å²) >= 11 is 0. The number of hydrogen-bond donors (Lipinski definition) is 0. The Morgan fingerprint density at radius 2 is 1.84 bits per heavy atom. The van der Waals surface area contributed by atoms with Crippen molar-refractivity contribution < 1.29 is 14.3 Å². The molecule has 4 nitrogen and oxygen atoms in total. The Kier molecular flexibility index (Phi) is 7.53. The van der Waals surface area contributed by atoms with Gasteiger partial charge in [0.05, 0.1) is 13.0 Å². The molecule has 1 amide bonds. The zero-order valence-electron chi connectivity index (χ0n) is 12.3. The van der Waals surface area contributed by atoms with Crippen LogP contribution in [0.4, 0.5) is 0 Å². The third kappa shape index (κ3) is 6.60. The van der Waals surface area contributed by atoms with E-state index in [1.165, 1.54) is 12.8 Å². The molecule has 1 rings (SSSR count). The minimum atomic E-state index is -0.204. The van der Waals surface area contributed by atoms with Crippen molar-refractivity contribution >= 4 is 11.9 Å².